The van der Waals surface area contributed by atoms with E-state index in [1.165, 1.54) is 22.9 Å². The maximum absolute atomic E-state index is 12.5. The number of amides is 1. The van der Waals surface area contributed by atoms with Gasteiger partial charge in [-0.1, -0.05) is 42.1 Å². The fraction of sp³-hybridized carbons (Fsp3) is 0.222. The Balaban J connectivity index is 1.36. The standard InChI is InChI=1S/C18H16N4O2S/c23-16(22-10-8-13-5-1-2-6-14(13)11-22)12-25-18-21-20-17(24-18)15-7-3-4-9-19-15/h1-7,9H,8,10-12H2. The molecule has 1 aliphatic heterocycles. The third kappa shape index (κ3) is 3.56. The molecule has 0 unspecified atom stereocenters. The minimum absolute atomic E-state index is 0.0806. The first-order valence-corrected chi connectivity index (χ1v) is 9.00. The Kier molecular flexibility index (Phi) is 4.47. The summed E-state index contributed by atoms with van der Waals surface area (Å²) < 4.78 is 5.57. The van der Waals surface area contributed by atoms with Gasteiger partial charge in [0.2, 0.25) is 5.91 Å². The van der Waals surface area contributed by atoms with Crippen LogP contribution in [0.2, 0.25) is 0 Å². The van der Waals surface area contributed by atoms with Gasteiger partial charge >= 0.3 is 0 Å². The Morgan fingerprint density at radius 3 is 2.80 bits per heavy atom. The predicted octanol–water partition coefficient (Wildman–Crippen LogP) is 2.81. The third-order valence-electron chi connectivity index (χ3n) is 4.09. The fourth-order valence-corrected chi connectivity index (χ4v) is 3.45. The smallest absolute Gasteiger partial charge is 0.277 e. The Bertz CT molecular complexity index is 882. The largest absolute Gasteiger partial charge is 0.410 e. The normalized spacial score (nSPS) is 13.5. The van der Waals surface area contributed by atoms with Crippen LogP contribution in [0.1, 0.15) is 11.1 Å². The van der Waals surface area contributed by atoms with Gasteiger partial charge in [-0.25, -0.2) is 0 Å². The van der Waals surface area contributed by atoms with Crippen molar-refractivity contribution in [1.29, 1.82) is 0 Å². The molecule has 25 heavy (non-hydrogen) atoms. The first-order valence-electron chi connectivity index (χ1n) is 8.02. The monoisotopic (exact) mass is 352 g/mol. The molecule has 0 saturated heterocycles. The molecule has 0 saturated carbocycles. The maximum atomic E-state index is 12.5. The van der Waals surface area contributed by atoms with Crippen molar-refractivity contribution >= 4 is 17.7 Å². The van der Waals surface area contributed by atoms with Crippen LogP contribution in [0.4, 0.5) is 0 Å². The summed E-state index contributed by atoms with van der Waals surface area (Å²) in [5, 5.41) is 8.34. The van der Waals surface area contributed by atoms with Crippen molar-refractivity contribution in [3.05, 3.63) is 59.8 Å². The van der Waals surface area contributed by atoms with Crippen molar-refractivity contribution in [3.8, 4) is 11.6 Å². The number of fused-ring (bicyclic) bond motifs is 1. The number of nitrogens with zero attached hydrogens (tertiary/aromatic N) is 4. The van der Waals surface area contributed by atoms with Crippen molar-refractivity contribution in [3.63, 3.8) is 0 Å². The van der Waals surface area contributed by atoms with Crippen LogP contribution < -0.4 is 0 Å². The molecule has 0 atom stereocenters. The Hall–Kier alpha value is -2.67. The lowest BCUT2D eigenvalue weighted by Crippen LogP contribution is -2.37. The van der Waals surface area contributed by atoms with Crippen LogP contribution in [0.3, 0.4) is 0 Å². The van der Waals surface area contributed by atoms with E-state index in [0.29, 0.717) is 23.4 Å². The van der Waals surface area contributed by atoms with Crippen LogP contribution in [0.5, 0.6) is 0 Å². The molecule has 3 heterocycles. The first-order chi connectivity index (χ1) is 12.3. The molecular weight excluding hydrogens is 336 g/mol. The van der Waals surface area contributed by atoms with E-state index >= 15 is 0 Å². The number of benzene rings is 1. The molecule has 0 N–H and O–H groups in total. The topological polar surface area (TPSA) is 72.1 Å². The molecule has 0 bridgehead atoms. The van der Waals surface area contributed by atoms with E-state index in [2.05, 4.69) is 27.3 Å². The lowest BCUT2D eigenvalue weighted by atomic mass is 10.00. The predicted molar refractivity (Wildman–Crippen MR) is 93.8 cm³/mol. The van der Waals surface area contributed by atoms with Gasteiger partial charge in [0, 0.05) is 19.3 Å². The second-order valence-corrected chi connectivity index (χ2v) is 6.64. The zero-order valence-electron chi connectivity index (χ0n) is 13.5. The van der Waals surface area contributed by atoms with Gasteiger partial charge < -0.3 is 9.32 Å². The number of thioether (sulfide) groups is 1. The first kappa shape index (κ1) is 15.8. The van der Waals surface area contributed by atoms with E-state index < -0.39 is 0 Å². The van der Waals surface area contributed by atoms with E-state index in [1.54, 1.807) is 12.3 Å². The third-order valence-corrected chi connectivity index (χ3v) is 4.90. The molecule has 6 nitrogen and oxygen atoms in total. The minimum atomic E-state index is 0.0806. The van der Waals surface area contributed by atoms with Crippen LogP contribution in [-0.2, 0) is 17.8 Å². The molecule has 1 amide bonds. The highest BCUT2D eigenvalue weighted by Crippen LogP contribution is 2.23. The Morgan fingerprint density at radius 2 is 1.96 bits per heavy atom. The number of hydrogen-bond acceptors (Lipinski definition) is 6. The summed E-state index contributed by atoms with van der Waals surface area (Å²) in [4.78, 5) is 18.5. The van der Waals surface area contributed by atoms with Crippen molar-refractivity contribution in [2.45, 2.75) is 18.2 Å². The zero-order valence-corrected chi connectivity index (χ0v) is 14.3. The van der Waals surface area contributed by atoms with Gasteiger partial charge in [-0.15, -0.1) is 10.2 Å². The maximum Gasteiger partial charge on any atom is 0.277 e. The summed E-state index contributed by atoms with van der Waals surface area (Å²) in [6.07, 6.45) is 2.57. The number of hydrogen-bond donors (Lipinski definition) is 0. The van der Waals surface area contributed by atoms with Crippen molar-refractivity contribution in [2.24, 2.45) is 0 Å². The van der Waals surface area contributed by atoms with Crippen LogP contribution >= 0.6 is 11.8 Å². The molecular formula is C18H16N4O2S. The summed E-state index contributed by atoms with van der Waals surface area (Å²) in [5.41, 5.74) is 3.18. The Morgan fingerprint density at radius 1 is 1.12 bits per heavy atom. The van der Waals surface area contributed by atoms with E-state index in [4.69, 9.17) is 4.42 Å². The number of pyridine rings is 1. The highest BCUT2D eigenvalue weighted by molar-refractivity contribution is 7.99. The summed E-state index contributed by atoms with van der Waals surface area (Å²) >= 11 is 1.26. The summed E-state index contributed by atoms with van der Waals surface area (Å²) in [6.45, 7) is 1.41. The highest BCUT2D eigenvalue weighted by Gasteiger charge is 2.21. The van der Waals surface area contributed by atoms with Crippen LogP contribution in [-0.4, -0.2) is 38.3 Å². The second-order valence-electron chi connectivity index (χ2n) is 5.71. The number of aromatic nitrogens is 3. The zero-order chi connectivity index (χ0) is 17.1. The van der Waals surface area contributed by atoms with Crippen LogP contribution in [0.15, 0.2) is 58.3 Å². The van der Waals surface area contributed by atoms with Gasteiger partial charge in [0.05, 0.1) is 5.75 Å². The van der Waals surface area contributed by atoms with Gasteiger partial charge in [0.25, 0.3) is 11.1 Å². The van der Waals surface area contributed by atoms with Gasteiger partial charge in [0.1, 0.15) is 5.69 Å². The molecule has 3 aromatic rings. The van der Waals surface area contributed by atoms with Crippen LogP contribution in [0, 0.1) is 0 Å². The van der Waals surface area contributed by atoms with Gasteiger partial charge in [-0.3, -0.25) is 9.78 Å². The molecule has 126 valence electrons. The fourth-order valence-electron chi connectivity index (χ4n) is 2.78. The van der Waals surface area contributed by atoms with Gasteiger partial charge in [0.15, 0.2) is 0 Å². The van der Waals surface area contributed by atoms with Crippen LogP contribution in [0.25, 0.3) is 11.6 Å². The average molecular weight is 352 g/mol. The molecule has 0 radical (unpaired) electrons. The Labute approximate surface area is 149 Å². The van der Waals surface area contributed by atoms with E-state index in [0.717, 1.165) is 13.0 Å². The number of carbonyl (C=O) groups is 1. The van der Waals surface area contributed by atoms with Gasteiger partial charge in [-0.05, 0) is 29.7 Å². The summed E-state index contributed by atoms with van der Waals surface area (Å²) in [7, 11) is 0. The van der Waals surface area contributed by atoms with E-state index in [-0.39, 0.29) is 11.7 Å². The molecule has 7 heteroatoms. The van der Waals surface area contributed by atoms with Crippen molar-refractivity contribution in [2.75, 3.05) is 12.3 Å². The highest BCUT2D eigenvalue weighted by atomic mass is 32.2. The molecule has 0 aliphatic carbocycles. The quantitative estimate of drug-likeness (QED) is 0.672. The van der Waals surface area contributed by atoms with E-state index in [9.17, 15) is 4.79 Å². The summed E-state index contributed by atoms with van der Waals surface area (Å²) in [6, 6.07) is 13.8. The second kappa shape index (κ2) is 7.06. The minimum Gasteiger partial charge on any atom is -0.410 e. The molecule has 4 rings (SSSR count). The molecule has 0 spiro atoms. The lowest BCUT2D eigenvalue weighted by Gasteiger charge is -2.28. The molecule has 1 aromatic carbocycles. The van der Waals surface area contributed by atoms with Crippen molar-refractivity contribution < 1.29 is 9.21 Å². The summed E-state index contributed by atoms with van der Waals surface area (Å²) in [5.74, 6) is 0.728. The average Bonchev–Trinajstić information content (AvgIpc) is 3.15. The molecule has 2 aromatic heterocycles. The van der Waals surface area contributed by atoms with Crippen molar-refractivity contribution in [1.82, 2.24) is 20.1 Å². The van der Waals surface area contributed by atoms with E-state index in [1.807, 2.05) is 29.2 Å². The number of carbonyl (C=O) groups excluding carboxylic acids is 1. The number of rotatable bonds is 4. The van der Waals surface area contributed by atoms with Gasteiger partial charge in [-0.2, -0.15) is 0 Å². The lowest BCUT2D eigenvalue weighted by molar-refractivity contribution is -0.129. The molecule has 1 aliphatic rings. The SMILES string of the molecule is O=C(CSc1nnc(-c2ccccn2)o1)N1CCc2ccccc2C1. The molecule has 0 fully saturated rings.